The lowest BCUT2D eigenvalue weighted by atomic mass is 10.1. The fourth-order valence-electron chi connectivity index (χ4n) is 1.14. The summed E-state index contributed by atoms with van der Waals surface area (Å²) in [5.41, 5.74) is 0. The molecule has 2 N–H and O–H groups in total. The van der Waals surface area contributed by atoms with Crippen molar-refractivity contribution in [3.63, 3.8) is 0 Å². The van der Waals surface area contributed by atoms with Gasteiger partial charge in [0.2, 0.25) is 5.91 Å². The van der Waals surface area contributed by atoms with E-state index < -0.39 is 0 Å². The Hall–Kier alpha value is -1.03. The smallest absolute Gasteiger partial charge is 0.262 e. The molecule has 0 aromatic heterocycles. The molecule has 4 nitrogen and oxygen atoms in total. The summed E-state index contributed by atoms with van der Waals surface area (Å²) in [5.74, 6) is -0.169. The Morgan fingerprint density at radius 1 is 1.77 bits per heavy atom. The molecular formula is C8H11ClN2O2. The average Bonchev–Trinajstić information content (AvgIpc) is 2.47. The third kappa shape index (κ3) is 3.06. The zero-order valence-corrected chi connectivity index (χ0v) is 7.86. The molecule has 1 aliphatic heterocycles. The van der Waals surface area contributed by atoms with Gasteiger partial charge in [0.05, 0.1) is 5.03 Å². The summed E-state index contributed by atoms with van der Waals surface area (Å²) >= 11 is 5.35. The summed E-state index contributed by atoms with van der Waals surface area (Å²) in [4.78, 5) is 21.7. The molecule has 1 rings (SSSR count). The summed E-state index contributed by atoms with van der Waals surface area (Å²) in [6, 6.07) is 0. The number of halogens is 1. The van der Waals surface area contributed by atoms with Crippen molar-refractivity contribution >= 4 is 23.4 Å². The zero-order chi connectivity index (χ0) is 9.84. The van der Waals surface area contributed by atoms with Gasteiger partial charge in [-0.15, -0.1) is 0 Å². The van der Waals surface area contributed by atoms with Gasteiger partial charge < -0.3 is 10.6 Å². The molecule has 13 heavy (non-hydrogen) atoms. The zero-order valence-electron chi connectivity index (χ0n) is 7.10. The summed E-state index contributed by atoms with van der Waals surface area (Å²) in [6.45, 7) is 4.37. The molecular weight excluding hydrogens is 192 g/mol. The van der Waals surface area contributed by atoms with Crippen LogP contribution < -0.4 is 10.6 Å². The number of hydrogen-bond acceptors (Lipinski definition) is 2. The molecule has 0 aromatic carbocycles. The van der Waals surface area contributed by atoms with E-state index in [-0.39, 0.29) is 22.8 Å². The predicted molar refractivity (Wildman–Crippen MR) is 49.1 cm³/mol. The fraction of sp³-hybridized carbons (Fsp3) is 0.500. The third-order valence-corrected chi connectivity index (χ3v) is 2.03. The standard InChI is InChI=1S/C8H11ClN2O2/c1-5(9)8(13)11-4-6-2-7(12)10-3-6/h6H,1-4H2,(H,10,12)(H,11,13). The average molecular weight is 203 g/mol. The predicted octanol–water partition coefficient (Wildman–Crippen LogP) is -0.00880. The summed E-state index contributed by atoms with van der Waals surface area (Å²) in [5, 5.41) is 5.23. The molecule has 1 unspecified atom stereocenters. The summed E-state index contributed by atoms with van der Waals surface area (Å²) < 4.78 is 0. The van der Waals surface area contributed by atoms with E-state index in [1.165, 1.54) is 0 Å². The van der Waals surface area contributed by atoms with Gasteiger partial charge >= 0.3 is 0 Å². The van der Waals surface area contributed by atoms with Crippen molar-refractivity contribution in [3.8, 4) is 0 Å². The van der Waals surface area contributed by atoms with Gasteiger partial charge in [0.15, 0.2) is 0 Å². The number of hydrogen-bond donors (Lipinski definition) is 2. The van der Waals surface area contributed by atoms with Crippen molar-refractivity contribution < 1.29 is 9.59 Å². The Labute approximate surface area is 81.3 Å². The molecule has 0 saturated carbocycles. The molecule has 1 saturated heterocycles. The lowest BCUT2D eigenvalue weighted by Gasteiger charge is -2.07. The third-order valence-electron chi connectivity index (χ3n) is 1.86. The second-order valence-electron chi connectivity index (χ2n) is 2.99. The topological polar surface area (TPSA) is 58.2 Å². The first-order valence-electron chi connectivity index (χ1n) is 3.99. The van der Waals surface area contributed by atoms with Crippen molar-refractivity contribution in [3.05, 3.63) is 11.6 Å². The minimum atomic E-state index is -0.374. The van der Waals surface area contributed by atoms with E-state index in [1.807, 2.05) is 0 Å². The van der Waals surface area contributed by atoms with Gasteiger partial charge in [-0.3, -0.25) is 9.59 Å². The Morgan fingerprint density at radius 3 is 2.92 bits per heavy atom. The SMILES string of the molecule is C=C(Cl)C(=O)NCC1CNC(=O)C1. The highest BCUT2D eigenvalue weighted by molar-refractivity contribution is 6.41. The van der Waals surface area contributed by atoms with E-state index in [1.54, 1.807) is 0 Å². The van der Waals surface area contributed by atoms with Gasteiger partial charge in [-0.25, -0.2) is 0 Å². The Bertz CT molecular complexity index is 253. The maximum atomic E-state index is 10.9. The first-order valence-corrected chi connectivity index (χ1v) is 4.36. The number of carbonyl (C=O) groups is 2. The number of rotatable bonds is 3. The number of nitrogens with one attached hydrogen (secondary N) is 2. The van der Waals surface area contributed by atoms with Gasteiger partial charge in [0.1, 0.15) is 0 Å². The highest BCUT2D eigenvalue weighted by atomic mass is 35.5. The van der Waals surface area contributed by atoms with Crippen LogP contribution in [0.1, 0.15) is 6.42 Å². The van der Waals surface area contributed by atoms with Crippen molar-refractivity contribution in [1.82, 2.24) is 10.6 Å². The molecule has 0 aromatic rings. The molecule has 0 radical (unpaired) electrons. The van der Waals surface area contributed by atoms with Crippen LogP contribution in [0.15, 0.2) is 11.6 Å². The normalized spacial score (nSPS) is 21.0. The summed E-state index contributed by atoms with van der Waals surface area (Å²) in [7, 11) is 0. The van der Waals surface area contributed by atoms with Gasteiger partial charge in [0, 0.05) is 25.4 Å². The van der Waals surface area contributed by atoms with Crippen LogP contribution in [0.2, 0.25) is 0 Å². The van der Waals surface area contributed by atoms with Crippen LogP contribution >= 0.6 is 11.6 Å². The van der Waals surface area contributed by atoms with Crippen LogP contribution in [-0.2, 0) is 9.59 Å². The first-order chi connectivity index (χ1) is 6.09. The maximum absolute atomic E-state index is 10.9. The van der Waals surface area contributed by atoms with Crippen LogP contribution in [0.3, 0.4) is 0 Å². The van der Waals surface area contributed by atoms with Gasteiger partial charge in [-0.2, -0.15) is 0 Å². The Balaban J connectivity index is 2.23. The van der Waals surface area contributed by atoms with Crippen LogP contribution in [0.5, 0.6) is 0 Å². The molecule has 5 heteroatoms. The van der Waals surface area contributed by atoms with Crippen LogP contribution in [0.25, 0.3) is 0 Å². The molecule has 1 atom stereocenters. The second-order valence-corrected chi connectivity index (χ2v) is 3.45. The maximum Gasteiger partial charge on any atom is 0.262 e. The summed E-state index contributed by atoms with van der Waals surface area (Å²) in [6.07, 6.45) is 0.467. The van der Waals surface area contributed by atoms with Crippen molar-refractivity contribution in [2.24, 2.45) is 5.92 Å². The van der Waals surface area contributed by atoms with E-state index in [2.05, 4.69) is 17.2 Å². The molecule has 0 bridgehead atoms. The molecule has 0 aliphatic carbocycles. The minimum absolute atomic E-state index is 0.0303. The number of carbonyl (C=O) groups excluding carboxylic acids is 2. The largest absolute Gasteiger partial charge is 0.356 e. The highest BCUT2D eigenvalue weighted by Gasteiger charge is 2.21. The van der Waals surface area contributed by atoms with Gasteiger partial charge in [-0.05, 0) is 0 Å². The van der Waals surface area contributed by atoms with Gasteiger partial charge in [-0.1, -0.05) is 18.2 Å². The van der Waals surface area contributed by atoms with Crippen molar-refractivity contribution in [2.75, 3.05) is 13.1 Å². The minimum Gasteiger partial charge on any atom is -0.356 e. The monoisotopic (exact) mass is 202 g/mol. The first kappa shape index (κ1) is 10.1. The Kier molecular flexibility index (Phi) is 3.31. The van der Waals surface area contributed by atoms with Crippen LogP contribution in [-0.4, -0.2) is 24.9 Å². The lowest BCUT2D eigenvalue weighted by Crippen LogP contribution is -2.29. The van der Waals surface area contributed by atoms with Crippen molar-refractivity contribution in [2.45, 2.75) is 6.42 Å². The van der Waals surface area contributed by atoms with E-state index in [9.17, 15) is 9.59 Å². The molecule has 2 amide bonds. The van der Waals surface area contributed by atoms with Gasteiger partial charge in [0.25, 0.3) is 5.91 Å². The van der Waals surface area contributed by atoms with E-state index in [0.717, 1.165) is 0 Å². The quantitative estimate of drug-likeness (QED) is 0.633. The number of amides is 2. The van der Waals surface area contributed by atoms with Crippen LogP contribution in [0.4, 0.5) is 0 Å². The Morgan fingerprint density at radius 2 is 2.46 bits per heavy atom. The molecule has 1 aliphatic rings. The molecule has 0 spiro atoms. The van der Waals surface area contributed by atoms with E-state index in [4.69, 9.17) is 11.6 Å². The molecule has 1 heterocycles. The fourth-order valence-corrected chi connectivity index (χ4v) is 1.21. The lowest BCUT2D eigenvalue weighted by molar-refractivity contribution is -0.120. The van der Waals surface area contributed by atoms with Crippen LogP contribution in [0, 0.1) is 5.92 Å². The van der Waals surface area contributed by atoms with Crippen molar-refractivity contribution in [1.29, 1.82) is 0 Å². The van der Waals surface area contributed by atoms with E-state index >= 15 is 0 Å². The van der Waals surface area contributed by atoms with E-state index in [0.29, 0.717) is 19.5 Å². The highest BCUT2D eigenvalue weighted by Crippen LogP contribution is 2.07. The molecule has 72 valence electrons. The molecule has 1 fully saturated rings. The second kappa shape index (κ2) is 4.28.